The highest BCUT2D eigenvalue weighted by molar-refractivity contribution is 7.92. The van der Waals surface area contributed by atoms with Crippen LogP contribution < -0.4 is 11.1 Å². The molecule has 8 nitrogen and oxygen atoms in total. The van der Waals surface area contributed by atoms with Gasteiger partial charge in [0.2, 0.25) is 5.91 Å². The molecule has 1 aliphatic rings. The number of hydrogen-bond acceptors (Lipinski definition) is 6. The smallest absolute Gasteiger partial charge is 0.241 e. The Morgan fingerprint density at radius 2 is 1.86 bits per heavy atom. The van der Waals surface area contributed by atoms with Crippen molar-refractivity contribution < 1.29 is 18.4 Å². The van der Waals surface area contributed by atoms with E-state index in [4.69, 9.17) is 10.9 Å². The molecule has 0 aromatic heterocycles. The summed E-state index contributed by atoms with van der Waals surface area (Å²) in [5, 5.41) is 14.7. The summed E-state index contributed by atoms with van der Waals surface area (Å²) in [4.78, 5) is 14.4. The van der Waals surface area contributed by atoms with Gasteiger partial charge in [0.25, 0.3) is 0 Å². The van der Waals surface area contributed by atoms with Crippen molar-refractivity contribution in [2.45, 2.75) is 37.0 Å². The number of rotatable bonds is 4. The minimum atomic E-state index is -3.59. The maximum Gasteiger partial charge on any atom is 0.241 e. The molecular formula is C12H24N4O4S. The van der Waals surface area contributed by atoms with Crippen LogP contribution in [-0.2, 0) is 14.6 Å². The minimum Gasteiger partial charge on any atom is -0.409 e. The van der Waals surface area contributed by atoms with E-state index in [1.165, 1.54) is 13.8 Å². The third kappa shape index (κ3) is 3.46. The van der Waals surface area contributed by atoms with Crippen LogP contribution in [-0.4, -0.2) is 66.9 Å². The Labute approximate surface area is 125 Å². The molecule has 1 heterocycles. The van der Waals surface area contributed by atoms with Gasteiger partial charge in [0.1, 0.15) is 10.3 Å². The maximum absolute atomic E-state index is 12.4. The van der Waals surface area contributed by atoms with Crippen LogP contribution in [0, 0.1) is 0 Å². The molecule has 1 fully saturated rings. The third-order valence-corrected chi connectivity index (χ3v) is 6.30. The number of carbonyl (C=O) groups excluding carboxylic acids is 1. The summed E-state index contributed by atoms with van der Waals surface area (Å²) in [6, 6.07) is 0. The zero-order valence-corrected chi connectivity index (χ0v) is 13.7. The van der Waals surface area contributed by atoms with E-state index >= 15 is 0 Å². The second-order valence-electron chi connectivity index (χ2n) is 6.11. The highest BCUT2D eigenvalue weighted by Crippen LogP contribution is 2.25. The number of piperidine rings is 1. The number of amides is 1. The number of nitrogens with two attached hydrogens (primary N) is 1. The maximum atomic E-state index is 12.4. The van der Waals surface area contributed by atoms with Gasteiger partial charge in [-0.05, 0) is 33.7 Å². The molecule has 4 N–H and O–H groups in total. The van der Waals surface area contributed by atoms with Gasteiger partial charge in [-0.15, -0.1) is 0 Å². The van der Waals surface area contributed by atoms with Gasteiger partial charge in [0.05, 0.1) is 0 Å². The van der Waals surface area contributed by atoms with Crippen LogP contribution in [0.25, 0.3) is 0 Å². The first-order valence-electron chi connectivity index (χ1n) is 6.65. The van der Waals surface area contributed by atoms with Crippen LogP contribution in [0.1, 0.15) is 26.7 Å². The summed E-state index contributed by atoms with van der Waals surface area (Å²) < 4.78 is 21.9. The van der Waals surface area contributed by atoms with Gasteiger partial charge >= 0.3 is 0 Å². The SMILES string of the molecule is CN1CCC(NC(=O)C(C)(C)S(C)(=O)=O)(C(N)=NO)CC1. The molecular weight excluding hydrogens is 296 g/mol. The van der Waals surface area contributed by atoms with E-state index in [0.717, 1.165) is 6.26 Å². The van der Waals surface area contributed by atoms with Gasteiger partial charge in [-0.3, -0.25) is 4.79 Å². The molecule has 0 radical (unpaired) electrons. The first-order valence-corrected chi connectivity index (χ1v) is 8.54. The molecule has 0 saturated carbocycles. The average Bonchev–Trinajstić information content (AvgIpc) is 2.39. The molecule has 1 saturated heterocycles. The van der Waals surface area contributed by atoms with E-state index in [1.807, 2.05) is 7.05 Å². The van der Waals surface area contributed by atoms with Crippen LogP contribution in [0.15, 0.2) is 5.16 Å². The van der Waals surface area contributed by atoms with E-state index in [-0.39, 0.29) is 5.84 Å². The van der Waals surface area contributed by atoms with E-state index in [0.29, 0.717) is 25.9 Å². The van der Waals surface area contributed by atoms with Gasteiger partial charge in [0, 0.05) is 19.3 Å². The number of nitrogens with one attached hydrogen (secondary N) is 1. The zero-order chi connectivity index (χ0) is 16.5. The summed E-state index contributed by atoms with van der Waals surface area (Å²) in [5.74, 6) is -0.755. The molecule has 122 valence electrons. The Morgan fingerprint density at radius 1 is 1.38 bits per heavy atom. The standard InChI is InChI=1S/C12H24N4O4S/c1-11(2,21(4,19)20)10(17)14-12(9(13)15-18)5-7-16(3)8-6-12/h18H,5-8H2,1-4H3,(H2,13,15)(H,14,17). The average molecular weight is 320 g/mol. The molecule has 9 heteroatoms. The molecule has 0 aromatic rings. The lowest BCUT2D eigenvalue weighted by Gasteiger charge is -2.41. The van der Waals surface area contributed by atoms with Gasteiger partial charge in [-0.2, -0.15) is 0 Å². The van der Waals surface area contributed by atoms with Crippen molar-refractivity contribution in [2.24, 2.45) is 10.9 Å². The molecule has 1 rings (SSSR count). The fourth-order valence-electron chi connectivity index (χ4n) is 2.08. The summed E-state index contributed by atoms with van der Waals surface area (Å²) in [5.41, 5.74) is 4.73. The van der Waals surface area contributed by atoms with E-state index in [9.17, 15) is 13.2 Å². The van der Waals surface area contributed by atoms with Crippen molar-refractivity contribution in [1.29, 1.82) is 0 Å². The van der Waals surface area contributed by atoms with Gasteiger partial charge in [0.15, 0.2) is 15.7 Å². The molecule has 1 amide bonds. The van der Waals surface area contributed by atoms with Crippen molar-refractivity contribution in [1.82, 2.24) is 10.2 Å². The van der Waals surface area contributed by atoms with Crippen molar-refractivity contribution >= 4 is 21.6 Å². The van der Waals surface area contributed by atoms with Crippen molar-refractivity contribution in [3.63, 3.8) is 0 Å². The highest BCUT2D eigenvalue weighted by atomic mass is 32.2. The summed E-state index contributed by atoms with van der Waals surface area (Å²) in [7, 11) is -1.66. The fraction of sp³-hybridized carbons (Fsp3) is 0.833. The van der Waals surface area contributed by atoms with Crippen LogP contribution in [0.4, 0.5) is 0 Å². The molecule has 0 spiro atoms. The number of nitrogens with zero attached hydrogens (tertiary/aromatic N) is 2. The number of oxime groups is 1. The van der Waals surface area contributed by atoms with Crippen molar-refractivity contribution in [2.75, 3.05) is 26.4 Å². The predicted octanol–water partition coefficient (Wildman–Crippen LogP) is -0.863. The lowest BCUT2D eigenvalue weighted by molar-refractivity contribution is -0.124. The molecule has 0 atom stereocenters. The normalized spacial score (nSPS) is 21.0. The van der Waals surface area contributed by atoms with E-state index < -0.39 is 26.0 Å². The number of carbonyl (C=O) groups is 1. The van der Waals surface area contributed by atoms with Crippen LogP contribution in [0.5, 0.6) is 0 Å². The quantitative estimate of drug-likeness (QED) is 0.268. The van der Waals surface area contributed by atoms with Crippen molar-refractivity contribution in [3.8, 4) is 0 Å². The molecule has 21 heavy (non-hydrogen) atoms. The molecule has 0 bridgehead atoms. The summed E-state index contributed by atoms with van der Waals surface area (Å²) in [6.07, 6.45) is 1.91. The van der Waals surface area contributed by atoms with Crippen molar-refractivity contribution in [3.05, 3.63) is 0 Å². The zero-order valence-electron chi connectivity index (χ0n) is 12.9. The lowest BCUT2D eigenvalue weighted by atomic mass is 9.85. The van der Waals surface area contributed by atoms with Gasteiger partial charge in [-0.1, -0.05) is 5.16 Å². The van der Waals surface area contributed by atoms with Crippen LogP contribution in [0.3, 0.4) is 0 Å². The largest absolute Gasteiger partial charge is 0.409 e. The fourth-order valence-corrected chi connectivity index (χ4v) is 2.47. The molecule has 1 aliphatic heterocycles. The highest BCUT2D eigenvalue weighted by Gasteiger charge is 2.45. The Bertz CT molecular complexity index is 533. The molecule has 0 aliphatic carbocycles. The number of likely N-dealkylation sites (tertiary alicyclic amines) is 1. The lowest BCUT2D eigenvalue weighted by Crippen LogP contribution is -2.65. The number of amidine groups is 1. The van der Waals surface area contributed by atoms with E-state index in [1.54, 1.807) is 0 Å². The monoisotopic (exact) mass is 320 g/mol. The summed E-state index contributed by atoms with van der Waals surface area (Å²) >= 11 is 0. The first-order chi connectivity index (χ1) is 9.46. The van der Waals surface area contributed by atoms with E-state index in [2.05, 4.69) is 15.4 Å². The Hall–Kier alpha value is -1.35. The first kappa shape index (κ1) is 17.7. The predicted molar refractivity (Wildman–Crippen MR) is 79.9 cm³/mol. The molecule has 0 aromatic carbocycles. The van der Waals surface area contributed by atoms with Gasteiger partial charge < -0.3 is 21.2 Å². The Balaban J connectivity index is 3.07. The Morgan fingerprint density at radius 3 is 2.24 bits per heavy atom. The third-order valence-electron chi connectivity index (χ3n) is 4.27. The Kier molecular flexibility index (Phi) is 4.89. The topological polar surface area (TPSA) is 125 Å². The second-order valence-corrected chi connectivity index (χ2v) is 8.67. The number of hydrogen-bond donors (Lipinski definition) is 3. The van der Waals surface area contributed by atoms with Gasteiger partial charge in [-0.25, -0.2) is 8.42 Å². The van der Waals surface area contributed by atoms with Crippen LogP contribution in [0.2, 0.25) is 0 Å². The molecule has 0 unspecified atom stereocenters. The number of sulfone groups is 1. The second kappa shape index (κ2) is 5.80. The van der Waals surface area contributed by atoms with Crippen LogP contribution >= 0.6 is 0 Å². The minimum absolute atomic E-state index is 0.103. The summed E-state index contributed by atoms with van der Waals surface area (Å²) in [6.45, 7) is 3.98.